The minimum Gasteiger partial charge on any atom is -0.493 e. The molecule has 4 aliphatic rings. The highest BCUT2D eigenvalue weighted by Gasteiger charge is 2.61. The number of carbonyl (C=O) groups is 4. The van der Waals surface area contributed by atoms with E-state index in [4.69, 9.17) is 24.2 Å². The van der Waals surface area contributed by atoms with Gasteiger partial charge in [0.1, 0.15) is 47.0 Å². The number of hydrogen-bond acceptors (Lipinski definition) is 11. The fraction of sp³-hybridized carbons (Fsp3) is 0.550. The molecule has 0 bridgehead atoms. The summed E-state index contributed by atoms with van der Waals surface area (Å²) in [5, 5.41) is 22.4. The Labute approximate surface area is 324 Å². The van der Waals surface area contributed by atoms with Crippen LogP contribution in [0.3, 0.4) is 0 Å². The van der Waals surface area contributed by atoms with Gasteiger partial charge in [0.05, 0.1) is 24.4 Å². The molecular formula is C40H50N6O8S. The Morgan fingerprint density at radius 1 is 1.13 bits per heavy atom. The van der Waals surface area contributed by atoms with Crippen molar-refractivity contribution in [3.05, 3.63) is 41.8 Å². The van der Waals surface area contributed by atoms with Crippen LogP contribution in [0.4, 0.5) is 9.93 Å². The van der Waals surface area contributed by atoms with Gasteiger partial charge in [0.15, 0.2) is 5.13 Å². The van der Waals surface area contributed by atoms with Gasteiger partial charge >= 0.3 is 12.1 Å². The van der Waals surface area contributed by atoms with Crippen molar-refractivity contribution in [1.82, 2.24) is 25.5 Å². The molecule has 2 saturated carbocycles. The molecule has 294 valence electrons. The molecule has 1 saturated heterocycles. The van der Waals surface area contributed by atoms with Gasteiger partial charge in [0.2, 0.25) is 11.8 Å². The Morgan fingerprint density at radius 2 is 1.89 bits per heavy atom. The van der Waals surface area contributed by atoms with Gasteiger partial charge in [-0.25, -0.2) is 19.6 Å². The van der Waals surface area contributed by atoms with Crippen LogP contribution in [0.1, 0.15) is 78.7 Å². The summed E-state index contributed by atoms with van der Waals surface area (Å²) in [7, 11) is 0. The number of benzene rings is 1. The van der Waals surface area contributed by atoms with Crippen molar-refractivity contribution < 1.29 is 38.5 Å². The predicted octanol–water partition coefficient (Wildman–Crippen LogP) is 5.69. The first-order valence-electron chi connectivity index (χ1n) is 19.1. The summed E-state index contributed by atoms with van der Waals surface area (Å²) in [5.74, 6) is -1.47. The van der Waals surface area contributed by atoms with E-state index in [1.165, 1.54) is 22.3 Å². The van der Waals surface area contributed by atoms with Gasteiger partial charge < -0.3 is 40.2 Å². The Bertz CT molecular complexity index is 2000. The molecule has 15 heteroatoms. The van der Waals surface area contributed by atoms with E-state index in [1.54, 1.807) is 0 Å². The zero-order chi connectivity index (χ0) is 39.2. The molecular weight excluding hydrogens is 725 g/mol. The fourth-order valence-corrected chi connectivity index (χ4v) is 8.72. The number of pyridine rings is 1. The number of aromatic nitrogens is 2. The molecule has 2 aromatic heterocycles. The highest BCUT2D eigenvalue weighted by molar-refractivity contribution is 7.14. The number of fused-ring (bicyclic) bond motifs is 3. The number of ether oxygens (including phenoxy) is 3. The first-order chi connectivity index (χ1) is 26.2. The van der Waals surface area contributed by atoms with E-state index in [0.717, 1.165) is 53.0 Å². The molecule has 1 aromatic carbocycles. The maximum absolute atomic E-state index is 14.6. The topological polar surface area (TPSA) is 181 Å². The molecule has 0 radical (unpaired) electrons. The summed E-state index contributed by atoms with van der Waals surface area (Å²) in [6.07, 6.45) is 4.37. The lowest BCUT2D eigenvalue weighted by atomic mass is 9.85. The summed E-state index contributed by atoms with van der Waals surface area (Å²) >= 11 is 1.48. The first kappa shape index (κ1) is 38.4. The zero-order valence-electron chi connectivity index (χ0n) is 32.0. The SMILES string of the molecule is C=C[C@@H]1C[C@]1(NC(=O)[C@@H]1C[C@@H](Oc2cc(-c3csc(NC(C)C)n3)nc3c4c(ccc23)OCC4)CN1C(=O)[C@@H](NC(=O)OC1CCCC1)C(C)(C)C)C(=O)O. The Hall–Kier alpha value is -4.92. The van der Waals surface area contributed by atoms with E-state index in [9.17, 15) is 24.3 Å². The van der Waals surface area contributed by atoms with Crippen LogP contribution in [0.2, 0.25) is 0 Å². The van der Waals surface area contributed by atoms with Crippen LogP contribution in [0.25, 0.3) is 22.3 Å². The highest BCUT2D eigenvalue weighted by atomic mass is 32.1. The van der Waals surface area contributed by atoms with Crippen molar-refractivity contribution in [2.45, 2.75) is 115 Å². The minimum atomic E-state index is -1.51. The van der Waals surface area contributed by atoms with Crippen LogP contribution in [-0.4, -0.2) is 92.9 Å². The Kier molecular flexibility index (Phi) is 10.4. The number of nitrogens with zero attached hydrogens (tertiary/aromatic N) is 3. The second-order valence-corrected chi connectivity index (χ2v) is 17.3. The van der Waals surface area contributed by atoms with Gasteiger partial charge in [0.25, 0.3) is 0 Å². The van der Waals surface area contributed by atoms with Crippen molar-refractivity contribution in [2.75, 3.05) is 18.5 Å². The molecule has 3 amide bonds. The van der Waals surface area contributed by atoms with E-state index >= 15 is 0 Å². The van der Waals surface area contributed by atoms with E-state index in [1.807, 2.05) is 58.2 Å². The number of carboxylic acid groups (broad SMARTS) is 1. The number of carbonyl (C=O) groups excluding carboxylic acids is 3. The number of rotatable bonds is 12. The van der Waals surface area contributed by atoms with E-state index in [-0.39, 0.29) is 31.5 Å². The van der Waals surface area contributed by atoms with Crippen LogP contribution >= 0.6 is 11.3 Å². The van der Waals surface area contributed by atoms with Crippen molar-refractivity contribution in [1.29, 1.82) is 0 Å². The van der Waals surface area contributed by atoms with Crippen LogP contribution in [0.15, 0.2) is 36.2 Å². The molecule has 3 aromatic rings. The lowest BCUT2D eigenvalue weighted by molar-refractivity contribution is -0.146. The summed E-state index contributed by atoms with van der Waals surface area (Å²) < 4.78 is 18.3. The predicted molar refractivity (Wildman–Crippen MR) is 207 cm³/mol. The van der Waals surface area contributed by atoms with Crippen LogP contribution in [0, 0.1) is 11.3 Å². The molecule has 2 aliphatic carbocycles. The number of nitrogens with one attached hydrogen (secondary N) is 3. The maximum atomic E-state index is 14.6. The average Bonchev–Trinajstić information content (AvgIpc) is 3.74. The molecule has 5 atom stereocenters. The smallest absolute Gasteiger partial charge is 0.408 e. The molecule has 4 N–H and O–H groups in total. The summed E-state index contributed by atoms with van der Waals surface area (Å²) in [6, 6.07) is 3.67. The zero-order valence-corrected chi connectivity index (χ0v) is 32.8. The minimum absolute atomic E-state index is 0.000169. The molecule has 3 fully saturated rings. The standard InChI is InChI=1S/C40H50N6O8S/c1-7-22-18-40(22,36(49)50)45-34(47)29-16-24(19-46(29)35(48)33(39(4,5)6)44-38(51)54-23-10-8-9-11-23)53-31-17-27(28-20-55-37(43-28)41-21(2)3)42-32-25(31)12-13-30-26(32)14-15-52-30/h7,12-13,17,20-24,29,33H,1,8-11,14-16,18-19H2,2-6H3,(H,41,43)(H,44,51)(H,45,47)(H,49,50)/t22-,24-,29+,33-,40-/m1/s1. The number of aliphatic carboxylic acids is 1. The number of likely N-dealkylation sites (tertiary alicyclic amines) is 1. The number of thiazole rings is 1. The quantitative estimate of drug-likeness (QED) is 0.166. The van der Waals surface area contributed by atoms with E-state index in [2.05, 4.69) is 22.5 Å². The summed E-state index contributed by atoms with van der Waals surface area (Å²) in [5.41, 5.74) is 0.675. The van der Waals surface area contributed by atoms with Gasteiger partial charge in [-0.3, -0.25) is 9.59 Å². The number of carboxylic acids is 1. The van der Waals surface area contributed by atoms with Crippen molar-refractivity contribution in [2.24, 2.45) is 11.3 Å². The first-order valence-corrected chi connectivity index (χ1v) is 20.0. The lowest BCUT2D eigenvalue weighted by Gasteiger charge is -2.35. The summed E-state index contributed by atoms with van der Waals surface area (Å²) in [6.45, 7) is 13.8. The van der Waals surface area contributed by atoms with Crippen LogP contribution in [-0.2, 0) is 25.5 Å². The molecule has 0 spiro atoms. The summed E-state index contributed by atoms with van der Waals surface area (Å²) in [4.78, 5) is 65.5. The van der Waals surface area contributed by atoms with Crippen LogP contribution in [0.5, 0.6) is 11.5 Å². The molecule has 7 rings (SSSR count). The lowest BCUT2D eigenvalue weighted by Crippen LogP contribution is -2.59. The Balaban J connectivity index is 1.22. The monoisotopic (exact) mass is 774 g/mol. The molecule has 55 heavy (non-hydrogen) atoms. The average molecular weight is 775 g/mol. The normalized spacial score (nSPS) is 23.9. The number of hydrogen-bond donors (Lipinski definition) is 4. The van der Waals surface area contributed by atoms with E-state index < -0.39 is 58.9 Å². The van der Waals surface area contributed by atoms with Crippen molar-refractivity contribution >= 4 is 51.2 Å². The third kappa shape index (κ3) is 7.80. The van der Waals surface area contributed by atoms with Gasteiger partial charge in [-0.2, -0.15) is 0 Å². The van der Waals surface area contributed by atoms with Gasteiger partial charge in [-0.15, -0.1) is 17.9 Å². The number of anilines is 1. The molecule has 4 heterocycles. The third-order valence-electron chi connectivity index (χ3n) is 10.9. The fourth-order valence-electron chi connectivity index (χ4n) is 7.87. The third-order valence-corrected chi connectivity index (χ3v) is 11.7. The van der Waals surface area contributed by atoms with Gasteiger partial charge in [0, 0.05) is 47.2 Å². The largest absolute Gasteiger partial charge is 0.493 e. The van der Waals surface area contributed by atoms with Gasteiger partial charge in [-0.05, 0) is 63.5 Å². The highest BCUT2D eigenvalue weighted by Crippen LogP contribution is 2.45. The second-order valence-electron chi connectivity index (χ2n) is 16.4. The maximum Gasteiger partial charge on any atom is 0.408 e. The molecule has 0 unspecified atom stereocenters. The second kappa shape index (κ2) is 15.0. The van der Waals surface area contributed by atoms with E-state index in [0.29, 0.717) is 30.2 Å². The number of amides is 3. The molecule has 2 aliphatic heterocycles. The van der Waals surface area contributed by atoms with Crippen molar-refractivity contribution in [3.8, 4) is 22.9 Å². The van der Waals surface area contributed by atoms with Crippen LogP contribution < -0.4 is 25.4 Å². The van der Waals surface area contributed by atoms with Gasteiger partial charge in [-0.1, -0.05) is 26.8 Å². The molecule has 14 nitrogen and oxygen atoms in total. The number of alkyl carbamates (subject to hydrolysis) is 1. The van der Waals surface area contributed by atoms with Crippen molar-refractivity contribution in [3.63, 3.8) is 0 Å². The Morgan fingerprint density at radius 3 is 2.56 bits per heavy atom.